The van der Waals surface area contributed by atoms with E-state index in [0.29, 0.717) is 23.6 Å². The molecule has 0 saturated heterocycles. The molecular formula is C20H16N4O2S. The smallest absolute Gasteiger partial charge is 0.255 e. The molecular weight excluding hydrogens is 360 g/mol. The highest BCUT2D eigenvalue weighted by Crippen LogP contribution is 2.18. The van der Waals surface area contributed by atoms with E-state index >= 15 is 0 Å². The van der Waals surface area contributed by atoms with Crippen LogP contribution in [0.25, 0.3) is 5.82 Å². The van der Waals surface area contributed by atoms with Gasteiger partial charge in [0.1, 0.15) is 24.5 Å². The van der Waals surface area contributed by atoms with Crippen molar-refractivity contribution in [3.05, 3.63) is 89.3 Å². The van der Waals surface area contributed by atoms with E-state index in [9.17, 15) is 4.79 Å². The van der Waals surface area contributed by atoms with E-state index in [4.69, 9.17) is 4.74 Å². The summed E-state index contributed by atoms with van der Waals surface area (Å²) in [5.41, 5.74) is 1.14. The second-order valence-electron chi connectivity index (χ2n) is 5.73. The predicted molar refractivity (Wildman–Crippen MR) is 104 cm³/mol. The molecule has 0 aliphatic rings. The fraction of sp³-hybridized carbons (Fsp3) is 0.0500. The summed E-state index contributed by atoms with van der Waals surface area (Å²) >= 11 is 1.64. The van der Waals surface area contributed by atoms with Gasteiger partial charge in [0, 0.05) is 22.8 Å². The topological polar surface area (TPSA) is 69.0 Å². The summed E-state index contributed by atoms with van der Waals surface area (Å²) in [6.07, 6.45) is 6.78. The maximum Gasteiger partial charge on any atom is 0.255 e. The maximum atomic E-state index is 12.5. The fourth-order valence-electron chi connectivity index (χ4n) is 2.49. The monoisotopic (exact) mass is 376 g/mol. The largest absolute Gasteiger partial charge is 0.488 e. The van der Waals surface area contributed by atoms with Crippen LogP contribution >= 0.6 is 11.3 Å². The maximum absolute atomic E-state index is 12.5. The lowest BCUT2D eigenvalue weighted by Crippen LogP contribution is -2.12. The number of imidazole rings is 1. The number of carbonyl (C=O) groups is 1. The van der Waals surface area contributed by atoms with Crippen LogP contribution < -0.4 is 10.1 Å². The minimum absolute atomic E-state index is 0.214. The van der Waals surface area contributed by atoms with Gasteiger partial charge in [0.25, 0.3) is 5.91 Å². The average Bonchev–Trinajstić information content (AvgIpc) is 3.41. The number of hydrogen-bond acceptors (Lipinski definition) is 5. The average molecular weight is 376 g/mol. The summed E-state index contributed by atoms with van der Waals surface area (Å²) in [6, 6.07) is 14.7. The van der Waals surface area contributed by atoms with Gasteiger partial charge in [-0.15, -0.1) is 11.3 Å². The fourth-order valence-corrected chi connectivity index (χ4v) is 3.10. The summed E-state index contributed by atoms with van der Waals surface area (Å²) in [4.78, 5) is 22.0. The first-order valence-corrected chi connectivity index (χ1v) is 9.17. The summed E-state index contributed by atoms with van der Waals surface area (Å²) in [5.74, 6) is 1.17. The third-order valence-corrected chi connectivity index (χ3v) is 4.68. The van der Waals surface area contributed by atoms with E-state index in [2.05, 4.69) is 15.3 Å². The standard InChI is InChI=1S/C20H16N4O2S/c25-20(23-16-6-7-19(22-12-16)24-9-8-21-14-24)15-3-1-4-17(11-15)26-13-18-5-2-10-27-18/h1-12,14H,13H2,(H,23,25). The van der Waals surface area contributed by atoms with Crippen LogP contribution in [-0.4, -0.2) is 20.4 Å². The van der Waals surface area contributed by atoms with Crippen LogP contribution in [0.1, 0.15) is 15.2 Å². The molecule has 0 saturated carbocycles. The first-order chi connectivity index (χ1) is 13.3. The number of pyridine rings is 1. The lowest BCUT2D eigenvalue weighted by molar-refractivity contribution is 0.102. The van der Waals surface area contributed by atoms with Crippen molar-refractivity contribution in [3.8, 4) is 11.6 Å². The molecule has 1 amide bonds. The van der Waals surface area contributed by atoms with E-state index in [1.807, 2.05) is 35.8 Å². The van der Waals surface area contributed by atoms with Crippen molar-refractivity contribution >= 4 is 22.9 Å². The molecule has 4 aromatic rings. The zero-order chi connectivity index (χ0) is 18.5. The van der Waals surface area contributed by atoms with Crippen molar-refractivity contribution in [1.29, 1.82) is 0 Å². The Bertz CT molecular complexity index is 1010. The Morgan fingerprint density at radius 3 is 2.89 bits per heavy atom. The van der Waals surface area contributed by atoms with E-state index in [1.54, 1.807) is 58.9 Å². The molecule has 4 rings (SSSR count). The zero-order valence-corrected chi connectivity index (χ0v) is 15.1. The molecule has 0 atom stereocenters. The van der Waals surface area contributed by atoms with Crippen molar-refractivity contribution < 1.29 is 9.53 Å². The van der Waals surface area contributed by atoms with Gasteiger partial charge in [0.2, 0.25) is 0 Å². The summed E-state index contributed by atoms with van der Waals surface area (Å²) < 4.78 is 7.55. The van der Waals surface area contributed by atoms with Gasteiger partial charge in [0.15, 0.2) is 0 Å². The number of nitrogens with zero attached hydrogens (tertiary/aromatic N) is 3. The molecule has 3 aromatic heterocycles. The summed E-state index contributed by atoms with van der Waals surface area (Å²) in [5, 5.41) is 4.86. The van der Waals surface area contributed by atoms with Gasteiger partial charge in [-0.3, -0.25) is 9.36 Å². The Morgan fingerprint density at radius 1 is 1.19 bits per heavy atom. The van der Waals surface area contributed by atoms with Gasteiger partial charge in [-0.25, -0.2) is 9.97 Å². The van der Waals surface area contributed by atoms with Gasteiger partial charge < -0.3 is 10.1 Å². The SMILES string of the molecule is O=C(Nc1ccc(-n2ccnc2)nc1)c1cccc(OCc2cccs2)c1. The minimum atomic E-state index is -0.214. The first-order valence-electron chi connectivity index (χ1n) is 8.29. The number of thiophene rings is 1. The van der Waals surface area contributed by atoms with E-state index in [1.165, 1.54) is 0 Å². The van der Waals surface area contributed by atoms with Crippen LogP contribution in [0.4, 0.5) is 5.69 Å². The van der Waals surface area contributed by atoms with Gasteiger partial charge in [-0.1, -0.05) is 12.1 Å². The molecule has 134 valence electrons. The number of anilines is 1. The lowest BCUT2D eigenvalue weighted by atomic mass is 10.2. The van der Waals surface area contributed by atoms with Crippen LogP contribution in [0, 0.1) is 0 Å². The summed E-state index contributed by atoms with van der Waals surface area (Å²) in [6.45, 7) is 0.488. The molecule has 0 fully saturated rings. The molecule has 1 aromatic carbocycles. The molecule has 0 radical (unpaired) electrons. The van der Waals surface area contributed by atoms with Gasteiger partial charge in [-0.05, 0) is 41.8 Å². The lowest BCUT2D eigenvalue weighted by Gasteiger charge is -2.09. The number of amides is 1. The van der Waals surface area contributed by atoms with Crippen LogP contribution in [0.3, 0.4) is 0 Å². The highest BCUT2D eigenvalue weighted by molar-refractivity contribution is 7.09. The Balaban J connectivity index is 1.41. The van der Waals surface area contributed by atoms with E-state index < -0.39 is 0 Å². The third kappa shape index (κ3) is 4.21. The second-order valence-corrected chi connectivity index (χ2v) is 6.76. The first kappa shape index (κ1) is 17.0. The number of carbonyl (C=O) groups excluding carboxylic acids is 1. The number of ether oxygens (including phenoxy) is 1. The Kier molecular flexibility index (Phi) is 4.93. The van der Waals surface area contributed by atoms with E-state index in [-0.39, 0.29) is 5.91 Å². The summed E-state index contributed by atoms with van der Waals surface area (Å²) in [7, 11) is 0. The Hall–Kier alpha value is -3.45. The van der Waals surface area contributed by atoms with Gasteiger partial charge in [-0.2, -0.15) is 0 Å². The molecule has 0 spiro atoms. The van der Waals surface area contributed by atoms with Crippen molar-refractivity contribution in [2.75, 3.05) is 5.32 Å². The van der Waals surface area contributed by atoms with Crippen LogP contribution in [-0.2, 0) is 6.61 Å². The molecule has 0 bridgehead atoms. The normalized spacial score (nSPS) is 10.5. The van der Waals surface area contributed by atoms with Crippen LogP contribution in [0.15, 0.2) is 78.8 Å². The minimum Gasteiger partial charge on any atom is -0.488 e. The van der Waals surface area contributed by atoms with Crippen LogP contribution in [0.5, 0.6) is 5.75 Å². The van der Waals surface area contributed by atoms with Crippen molar-refractivity contribution in [3.63, 3.8) is 0 Å². The molecule has 3 heterocycles. The molecule has 1 N–H and O–H groups in total. The van der Waals surface area contributed by atoms with Crippen molar-refractivity contribution in [1.82, 2.24) is 14.5 Å². The number of hydrogen-bond donors (Lipinski definition) is 1. The number of aromatic nitrogens is 3. The third-order valence-electron chi connectivity index (χ3n) is 3.83. The number of nitrogens with one attached hydrogen (secondary N) is 1. The molecule has 6 nitrogen and oxygen atoms in total. The quantitative estimate of drug-likeness (QED) is 0.549. The second kappa shape index (κ2) is 7.84. The Labute approximate surface area is 160 Å². The highest BCUT2D eigenvalue weighted by atomic mass is 32.1. The zero-order valence-electron chi connectivity index (χ0n) is 14.3. The predicted octanol–water partition coefficient (Wildman–Crippen LogP) is 4.16. The van der Waals surface area contributed by atoms with Crippen molar-refractivity contribution in [2.45, 2.75) is 6.61 Å². The number of rotatable bonds is 6. The number of benzene rings is 1. The van der Waals surface area contributed by atoms with Crippen molar-refractivity contribution in [2.24, 2.45) is 0 Å². The van der Waals surface area contributed by atoms with Gasteiger partial charge in [0.05, 0.1) is 11.9 Å². The van der Waals surface area contributed by atoms with Gasteiger partial charge >= 0.3 is 0 Å². The molecule has 0 unspecified atom stereocenters. The molecule has 0 aliphatic carbocycles. The molecule has 7 heteroatoms. The van der Waals surface area contributed by atoms with E-state index in [0.717, 1.165) is 10.7 Å². The highest BCUT2D eigenvalue weighted by Gasteiger charge is 2.08. The molecule has 27 heavy (non-hydrogen) atoms. The molecule has 0 aliphatic heterocycles. The Morgan fingerprint density at radius 2 is 2.15 bits per heavy atom. The van der Waals surface area contributed by atoms with Crippen LogP contribution in [0.2, 0.25) is 0 Å².